The number of benzene rings is 4. The van der Waals surface area contributed by atoms with Gasteiger partial charge in [-0.3, -0.25) is 4.79 Å². The van der Waals surface area contributed by atoms with Crippen LogP contribution in [0.4, 0.5) is 17.1 Å². The average molecular weight is 365 g/mol. The molecule has 4 rings (SSSR count). The number of nitrogens with zero attached hydrogens (tertiary/aromatic N) is 1. The molecule has 0 aromatic heterocycles. The van der Waals surface area contributed by atoms with Gasteiger partial charge < -0.3 is 10.0 Å². The van der Waals surface area contributed by atoms with Gasteiger partial charge in [-0.15, -0.1) is 0 Å². The Bertz CT molecular complexity index is 1040. The highest BCUT2D eigenvalue weighted by molar-refractivity contribution is 5.83. The number of para-hydroxylation sites is 2. The Morgan fingerprint density at radius 2 is 1.11 bits per heavy atom. The Kier molecular flexibility index (Phi) is 4.89. The molecule has 0 heterocycles. The molecular formula is C25H19NO2. The predicted octanol–water partition coefficient (Wildman–Crippen LogP) is 6.34. The van der Waals surface area contributed by atoms with Crippen molar-refractivity contribution >= 4 is 23.3 Å². The van der Waals surface area contributed by atoms with Crippen molar-refractivity contribution in [2.24, 2.45) is 0 Å². The van der Waals surface area contributed by atoms with Crippen molar-refractivity contribution in [1.82, 2.24) is 0 Å². The van der Waals surface area contributed by atoms with Gasteiger partial charge in [-0.25, -0.2) is 0 Å². The van der Waals surface area contributed by atoms with Crippen molar-refractivity contribution < 1.29 is 9.90 Å². The highest BCUT2D eigenvalue weighted by Gasteiger charge is 2.12. The van der Waals surface area contributed by atoms with E-state index in [-0.39, 0.29) is 11.3 Å². The number of carbonyl (C=O) groups excluding carboxylic acids is 1. The van der Waals surface area contributed by atoms with Crippen LogP contribution < -0.4 is 4.90 Å². The fourth-order valence-corrected chi connectivity index (χ4v) is 3.23. The molecule has 0 aliphatic heterocycles. The van der Waals surface area contributed by atoms with Gasteiger partial charge in [-0.05, 0) is 59.7 Å². The number of phenolic OH excluding ortho intramolecular Hbond substituents is 1. The molecule has 0 atom stereocenters. The second-order valence-corrected chi connectivity index (χ2v) is 6.44. The van der Waals surface area contributed by atoms with Gasteiger partial charge >= 0.3 is 0 Å². The first kappa shape index (κ1) is 17.6. The lowest BCUT2D eigenvalue weighted by Gasteiger charge is -2.25. The predicted molar refractivity (Wildman–Crippen MR) is 114 cm³/mol. The van der Waals surface area contributed by atoms with Crippen molar-refractivity contribution in [3.8, 4) is 16.9 Å². The minimum atomic E-state index is -0.00491. The smallest absolute Gasteiger partial charge is 0.153 e. The number of anilines is 3. The number of aldehydes is 1. The van der Waals surface area contributed by atoms with Gasteiger partial charge in [0.05, 0.1) is 5.56 Å². The van der Waals surface area contributed by atoms with Crippen molar-refractivity contribution in [2.45, 2.75) is 0 Å². The quantitative estimate of drug-likeness (QED) is 0.419. The van der Waals surface area contributed by atoms with Crippen LogP contribution in [-0.2, 0) is 0 Å². The summed E-state index contributed by atoms with van der Waals surface area (Å²) in [6.45, 7) is 0. The molecule has 0 radical (unpaired) electrons. The van der Waals surface area contributed by atoms with E-state index in [0.29, 0.717) is 6.29 Å². The van der Waals surface area contributed by atoms with Crippen LogP contribution >= 0.6 is 0 Å². The number of phenols is 1. The summed E-state index contributed by atoms with van der Waals surface area (Å²) in [5, 5.41) is 9.71. The summed E-state index contributed by atoms with van der Waals surface area (Å²) in [5.41, 5.74) is 5.35. The van der Waals surface area contributed by atoms with Gasteiger partial charge in [0, 0.05) is 17.1 Å². The standard InChI is InChI=1S/C25H19NO2/c27-18-21-17-20(13-16-25(21)28)19-11-14-24(15-12-19)26(22-7-3-1-4-8-22)23-9-5-2-6-10-23/h1-18,28H. The van der Waals surface area contributed by atoms with Gasteiger partial charge in [0.1, 0.15) is 5.75 Å². The van der Waals surface area contributed by atoms with Crippen LogP contribution in [0.1, 0.15) is 10.4 Å². The monoisotopic (exact) mass is 365 g/mol. The zero-order valence-corrected chi connectivity index (χ0v) is 15.2. The molecule has 1 N–H and O–H groups in total. The summed E-state index contributed by atoms with van der Waals surface area (Å²) in [6.07, 6.45) is 0.666. The maximum atomic E-state index is 11.1. The first-order chi connectivity index (χ1) is 13.8. The minimum absolute atomic E-state index is 0.00491. The lowest BCUT2D eigenvalue weighted by atomic mass is 10.0. The summed E-state index contributed by atoms with van der Waals surface area (Å²) in [6, 6.07) is 33.7. The van der Waals surface area contributed by atoms with Crippen LogP contribution in [0.25, 0.3) is 11.1 Å². The molecule has 0 aliphatic carbocycles. The summed E-state index contributed by atoms with van der Waals surface area (Å²) in [4.78, 5) is 13.3. The normalized spacial score (nSPS) is 10.4. The van der Waals surface area contributed by atoms with E-state index in [2.05, 4.69) is 41.3 Å². The van der Waals surface area contributed by atoms with Crippen LogP contribution in [0.2, 0.25) is 0 Å². The van der Waals surface area contributed by atoms with Crippen molar-refractivity contribution in [3.05, 3.63) is 109 Å². The average Bonchev–Trinajstić information content (AvgIpc) is 2.76. The Morgan fingerprint density at radius 3 is 1.64 bits per heavy atom. The first-order valence-corrected chi connectivity index (χ1v) is 9.05. The Labute approximate surface area is 164 Å². The van der Waals surface area contributed by atoms with Gasteiger partial charge in [0.25, 0.3) is 0 Å². The van der Waals surface area contributed by atoms with E-state index in [9.17, 15) is 9.90 Å². The maximum absolute atomic E-state index is 11.1. The number of rotatable bonds is 5. The summed E-state index contributed by atoms with van der Waals surface area (Å²) < 4.78 is 0. The van der Waals surface area contributed by atoms with Crippen molar-refractivity contribution in [3.63, 3.8) is 0 Å². The van der Waals surface area contributed by atoms with Gasteiger partial charge in [-0.2, -0.15) is 0 Å². The van der Waals surface area contributed by atoms with E-state index in [1.54, 1.807) is 12.1 Å². The molecule has 0 unspecified atom stereocenters. The highest BCUT2D eigenvalue weighted by atomic mass is 16.3. The molecule has 28 heavy (non-hydrogen) atoms. The molecule has 0 fully saturated rings. The maximum Gasteiger partial charge on any atom is 0.153 e. The third-order valence-electron chi connectivity index (χ3n) is 4.64. The van der Waals surface area contributed by atoms with E-state index in [1.807, 2.05) is 54.6 Å². The molecule has 136 valence electrons. The van der Waals surface area contributed by atoms with E-state index < -0.39 is 0 Å². The summed E-state index contributed by atoms with van der Waals surface area (Å²) in [5.74, 6) is -0.00491. The lowest BCUT2D eigenvalue weighted by Crippen LogP contribution is -2.09. The van der Waals surface area contributed by atoms with Gasteiger partial charge in [0.2, 0.25) is 0 Å². The highest BCUT2D eigenvalue weighted by Crippen LogP contribution is 2.35. The third-order valence-corrected chi connectivity index (χ3v) is 4.64. The Hall–Kier alpha value is -3.85. The molecule has 3 heteroatoms. The Morgan fingerprint density at radius 1 is 0.607 bits per heavy atom. The van der Waals surface area contributed by atoms with E-state index in [1.165, 1.54) is 0 Å². The van der Waals surface area contributed by atoms with E-state index in [4.69, 9.17) is 0 Å². The number of hydrogen-bond acceptors (Lipinski definition) is 3. The third kappa shape index (κ3) is 3.51. The fraction of sp³-hybridized carbons (Fsp3) is 0. The van der Waals surface area contributed by atoms with Crippen LogP contribution in [0, 0.1) is 0 Å². The van der Waals surface area contributed by atoms with Crippen LogP contribution in [0.3, 0.4) is 0 Å². The minimum Gasteiger partial charge on any atom is -0.507 e. The molecule has 0 aliphatic rings. The Balaban J connectivity index is 1.74. The lowest BCUT2D eigenvalue weighted by molar-refractivity contribution is 0.112. The van der Waals surface area contributed by atoms with Gasteiger partial charge in [-0.1, -0.05) is 54.6 Å². The zero-order chi connectivity index (χ0) is 19.3. The molecule has 3 nitrogen and oxygen atoms in total. The molecule has 0 saturated heterocycles. The van der Waals surface area contributed by atoms with E-state index in [0.717, 1.165) is 28.2 Å². The fourth-order valence-electron chi connectivity index (χ4n) is 3.23. The molecule has 0 amide bonds. The zero-order valence-electron chi connectivity index (χ0n) is 15.2. The van der Waals surface area contributed by atoms with Crippen molar-refractivity contribution in [2.75, 3.05) is 4.90 Å². The molecule has 0 bridgehead atoms. The van der Waals surface area contributed by atoms with Crippen LogP contribution in [-0.4, -0.2) is 11.4 Å². The van der Waals surface area contributed by atoms with Gasteiger partial charge in [0.15, 0.2) is 6.29 Å². The number of carbonyl (C=O) groups is 1. The largest absolute Gasteiger partial charge is 0.507 e. The number of aromatic hydroxyl groups is 1. The summed E-state index contributed by atoms with van der Waals surface area (Å²) >= 11 is 0. The molecule has 4 aromatic rings. The second-order valence-electron chi connectivity index (χ2n) is 6.44. The summed E-state index contributed by atoms with van der Waals surface area (Å²) in [7, 11) is 0. The molecular weight excluding hydrogens is 346 g/mol. The SMILES string of the molecule is O=Cc1cc(-c2ccc(N(c3ccccc3)c3ccccc3)cc2)ccc1O. The number of hydrogen-bond donors (Lipinski definition) is 1. The topological polar surface area (TPSA) is 40.5 Å². The van der Waals surface area contributed by atoms with Crippen LogP contribution in [0.15, 0.2) is 103 Å². The van der Waals surface area contributed by atoms with E-state index >= 15 is 0 Å². The molecule has 0 spiro atoms. The second kappa shape index (κ2) is 7.80. The molecule has 0 saturated carbocycles. The first-order valence-electron chi connectivity index (χ1n) is 9.05. The van der Waals surface area contributed by atoms with Crippen LogP contribution in [0.5, 0.6) is 5.75 Å². The van der Waals surface area contributed by atoms with Crippen molar-refractivity contribution in [1.29, 1.82) is 0 Å². The molecule has 4 aromatic carbocycles.